The van der Waals surface area contributed by atoms with Gasteiger partial charge in [0.25, 0.3) is 11.8 Å². The number of carbonyl (C=O) groups is 4. The molecule has 0 unspecified atom stereocenters. The molecule has 4 N–H and O–H groups in total. The Hall–Kier alpha value is -7.14. The third kappa shape index (κ3) is 9.20. The zero-order chi connectivity index (χ0) is 46.0. The summed E-state index contributed by atoms with van der Waals surface area (Å²) in [5.41, 5.74) is 5.78. The molecular formula is C49H50F2N8O7. The number of aromatic amines is 2. The molecule has 3 fully saturated rings. The minimum Gasteiger partial charge on any atom is -0.453 e. The molecule has 4 atom stereocenters. The number of alkyl carbamates (subject to hydrolysis) is 2. The molecule has 3 aliphatic heterocycles. The van der Waals surface area contributed by atoms with Crippen LogP contribution in [0.1, 0.15) is 67.4 Å². The van der Waals surface area contributed by atoms with Crippen molar-refractivity contribution in [2.24, 2.45) is 5.92 Å². The highest BCUT2D eigenvalue weighted by Crippen LogP contribution is 2.42. The van der Waals surface area contributed by atoms with Gasteiger partial charge in [-0.25, -0.2) is 28.3 Å². The average Bonchev–Trinajstić information content (AvgIpc) is 4.19. The van der Waals surface area contributed by atoms with Crippen molar-refractivity contribution in [1.29, 1.82) is 0 Å². The fourth-order valence-electron chi connectivity index (χ4n) is 9.42. The van der Waals surface area contributed by atoms with Gasteiger partial charge < -0.3 is 44.6 Å². The summed E-state index contributed by atoms with van der Waals surface area (Å²) in [6.07, 6.45) is 3.77. The van der Waals surface area contributed by atoms with E-state index in [0.29, 0.717) is 49.7 Å². The molecule has 0 saturated carbocycles. The van der Waals surface area contributed by atoms with Gasteiger partial charge in [0.1, 0.15) is 23.7 Å². The molecule has 4 aromatic carbocycles. The van der Waals surface area contributed by atoms with Crippen LogP contribution in [0, 0.1) is 5.92 Å². The SMILES string of the molecule is COC(=O)N[C@H](C(=O)N1CC(F)(F)C[C@H]1c1ncc(-c2ccc(-c3ccc4cc(-c5cnc([C@@H]6CCCN6C(=O)[C@H](NC(=O)OC)c6ccccc6)[nH]5)ccc4c3)cc2)[nH]1)C1CCOCC1. The van der Waals surface area contributed by atoms with E-state index in [2.05, 4.69) is 55.9 Å². The molecule has 0 spiro atoms. The minimum atomic E-state index is -3.15. The molecule has 17 heteroatoms. The molecule has 3 saturated heterocycles. The van der Waals surface area contributed by atoms with E-state index in [9.17, 15) is 19.2 Å². The number of hydrogen-bond donors (Lipinski definition) is 4. The van der Waals surface area contributed by atoms with Crippen molar-refractivity contribution in [1.82, 2.24) is 40.4 Å². The van der Waals surface area contributed by atoms with E-state index in [4.69, 9.17) is 19.2 Å². The number of ether oxygens (including phenoxy) is 3. The van der Waals surface area contributed by atoms with Crippen molar-refractivity contribution in [2.75, 3.05) is 40.5 Å². The number of methoxy groups -OCH3 is 2. The first-order chi connectivity index (χ1) is 32.0. The normalized spacial score (nSPS) is 19.3. The molecule has 2 aromatic heterocycles. The van der Waals surface area contributed by atoms with Crippen molar-refractivity contribution in [2.45, 2.75) is 62.2 Å². The van der Waals surface area contributed by atoms with Gasteiger partial charge >= 0.3 is 12.2 Å². The van der Waals surface area contributed by atoms with Gasteiger partial charge in [-0.05, 0) is 76.8 Å². The molecule has 66 heavy (non-hydrogen) atoms. The van der Waals surface area contributed by atoms with Gasteiger partial charge in [-0.2, -0.15) is 0 Å². The van der Waals surface area contributed by atoms with Crippen LogP contribution in [-0.2, 0) is 23.8 Å². The van der Waals surface area contributed by atoms with Gasteiger partial charge in [0.05, 0.1) is 56.6 Å². The number of hydrogen-bond acceptors (Lipinski definition) is 9. The summed E-state index contributed by atoms with van der Waals surface area (Å²) in [7, 11) is 2.46. The summed E-state index contributed by atoms with van der Waals surface area (Å²) in [5, 5.41) is 7.36. The molecule has 0 aliphatic carbocycles. The number of aromatic nitrogens is 4. The number of H-pyrrole nitrogens is 2. The Kier molecular flexibility index (Phi) is 12.5. The second-order valence-corrected chi connectivity index (χ2v) is 17.0. The maximum Gasteiger partial charge on any atom is 0.407 e. The average molecular weight is 901 g/mol. The molecule has 342 valence electrons. The summed E-state index contributed by atoms with van der Waals surface area (Å²) in [6, 6.07) is 26.1. The highest BCUT2D eigenvalue weighted by atomic mass is 19.3. The number of nitrogens with one attached hydrogen (secondary N) is 4. The van der Waals surface area contributed by atoms with Gasteiger partial charge in [0, 0.05) is 31.7 Å². The quantitative estimate of drug-likeness (QED) is 0.0998. The Balaban J connectivity index is 0.882. The van der Waals surface area contributed by atoms with Crippen LogP contribution in [0.15, 0.2) is 103 Å². The van der Waals surface area contributed by atoms with E-state index >= 15 is 8.78 Å². The lowest BCUT2D eigenvalue weighted by Crippen LogP contribution is -2.53. The summed E-state index contributed by atoms with van der Waals surface area (Å²) in [4.78, 5) is 71.2. The molecule has 5 heterocycles. The number of halogens is 2. The Bertz CT molecular complexity index is 2720. The zero-order valence-electron chi connectivity index (χ0n) is 36.5. The monoisotopic (exact) mass is 900 g/mol. The van der Waals surface area contributed by atoms with Crippen LogP contribution >= 0.6 is 0 Å². The topological polar surface area (TPSA) is 184 Å². The highest BCUT2D eigenvalue weighted by Gasteiger charge is 2.51. The first kappa shape index (κ1) is 44.1. The number of alkyl halides is 2. The van der Waals surface area contributed by atoms with E-state index in [-0.39, 0.29) is 23.7 Å². The Morgan fingerprint density at radius 3 is 1.98 bits per heavy atom. The maximum absolute atomic E-state index is 15.0. The lowest BCUT2D eigenvalue weighted by Gasteiger charge is -2.33. The van der Waals surface area contributed by atoms with Crippen LogP contribution in [-0.4, -0.2) is 106 Å². The maximum atomic E-state index is 15.0. The lowest BCUT2D eigenvalue weighted by atomic mass is 9.90. The first-order valence-electron chi connectivity index (χ1n) is 22.0. The van der Waals surface area contributed by atoms with Gasteiger partial charge in [-0.15, -0.1) is 0 Å². The fourth-order valence-corrected chi connectivity index (χ4v) is 9.42. The van der Waals surface area contributed by atoms with Gasteiger partial charge in [0.15, 0.2) is 0 Å². The van der Waals surface area contributed by atoms with Crippen LogP contribution in [0.25, 0.3) is 44.4 Å². The summed E-state index contributed by atoms with van der Waals surface area (Å²) >= 11 is 0. The van der Waals surface area contributed by atoms with Crippen molar-refractivity contribution in [3.05, 3.63) is 121 Å². The van der Waals surface area contributed by atoms with Crippen LogP contribution < -0.4 is 10.6 Å². The van der Waals surface area contributed by atoms with Gasteiger partial charge in [0.2, 0.25) is 5.91 Å². The Morgan fingerprint density at radius 1 is 0.712 bits per heavy atom. The predicted octanol–water partition coefficient (Wildman–Crippen LogP) is 8.11. The highest BCUT2D eigenvalue weighted by molar-refractivity contribution is 5.91. The van der Waals surface area contributed by atoms with Crippen LogP contribution in [0.5, 0.6) is 0 Å². The third-order valence-electron chi connectivity index (χ3n) is 12.9. The molecule has 0 radical (unpaired) electrons. The van der Waals surface area contributed by atoms with Crippen LogP contribution in [0.4, 0.5) is 18.4 Å². The second-order valence-electron chi connectivity index (χ2n) is 17.0. The van der Waals surface area contributed by atoms with Crippen molar-refractivity contribution in [3.8, 4) is 33.6 Å². The van der Waals surface area contributed by atoms with E-state index in [1.165, 1.54) is 14.2 Å². The Labute approximate surface area is 379 Å². The third-order valence-corrected chi connectivity index (χ3v) is 12.9. The molecule has 0 bridgehead atoms. The van der Waals surface area contributed by atoms with E-state index in [0.717, 1.165) is 56.5 Å². The molecule has 6 aromatic rings. The number of likely N-dealkylation sites (tertiary alicyclic amines) is 2. The standard InChI is InChI=1S/C49H50F2N8O7/c1-64-47(62)56-41(31-7-4-3-5-8-31)45(60)58-20-6-9-39(58)43-52-27-38(55-43)36-17-16-34-23-33(14-15-35(34)24-36)29-10-12-30(13-11-29)37-26-53-44(54-37)40-25-49(50,51)28-59(40)46(61)42(57-48(63)65-2)32-18-21-66-22-19-32/h3-5,7-8,10-17,23-24,26-27,32,39-42H,6,9,18-22,25,28H2,1-2H3,(H,52,55)(H,53,54)(H,56,62)(H,57,63)/t39-,40-,41+,42-/m0/s1. The van der Waals surface area contributed by atoms with E-state index in [1.807, 2.05) is 48.5 Å². The number of imidazole rings is 2. The number of nitrogens with zero attached hydrogens (tertiary/aromatic N) is 4. The van der Waals surface area contributed by atoms with Crippen molar-refractivity contribution in [3.63, 3.8) is 0 Å². The van der Waals surface area contributed by atoms with Gasteiger partial charge in [-0.1, -0.05) is 78.9 Å². The molecule has 4 amide bonds. The smallest absolute Gasteiger partial charge is 0.407 e. The Morgan fingerprint density at radius 2 is 1.30 bits per heavy atom. The van der Waals surface area contributed by atoms with Gasteiger partial charge in [-0.3, -0.25) is 9.59 Å². The van der Waals surface area contributed by atoms with Crippen LogP contribution in [0.2, 0.25) is 0 Å². The number of carbonyl (C=O) groups excluding carboxylic acids is 4. The summed E-state index contributed by atoms with van der Waals surface area (Å²) in [5.74, 6) is -3.37. The lowest BCUT2D eigenvalue weighted by molar-refractivity contribution is -0.138. The summed E-state index contributed by atoms with van der Waals surface area (Å²) < 4.78 is 45.1. The van der Waals surface area contributed by atoms with Crippen molar-refractivity contribution >= 4 is 34.8 Å². The number of rotatable bonds is 11. The van der Waals surface area contributed by atoms with E-state index in [1.54, 1.807) is 29.4 Å². The minimum absolute atomic E-state index is 0.234. The molecule has 9 rings (SSSR count). The summed E-state index contributed by atoms with van der Waals surface area (Å²) in [6.45, 7) is 0.540. The first-order valence-corrected chi connectivity index (χ1v) is 22.0. The molecule has 3 aliphatic rings. The van der Waals surface area contributed by atoms with E-state index < -0.39 is 55.1 Å². The number of fused-ring (bicyclic) bond motifs is 1. The second kappa shape index (κ2) is 18.8. The fraction of sp³-hybridized carbons (Fsp3) is 0.347. The molecular weight excluding hydrogens is 851 g/mol. The van der Waals surface area contributed by atoms with Crippen molar-refractivity contribution < 1.29 is 42.2 Å². The van der Waals surface area contributed by atoms with Crippen LogP contribution in [0.3, 0.4) is 0 Å². The zero-order valence-corrected chi connectivity index (χ0v) is 36.5. The predicted molar refractivity (Wildman–Crippen MR) is 240 cm³/mol. The number of amides is 4. The largest absolute Gasteiger partial charge is 0.453 e. The number of benzene rings is 4. The molecule has 15 nitrogen and oxygen atoms in total.